The molecule has 1 aromatic rings. The Morgan fingerprint density at radius 2 is 1.77 bits per heavy atom. The molecule has 0 radical (unpaired) electrons. The monoisotopic (exact) mass is 185 g/mol. The van der Waals surface area contributed by atoms with Crippen LogP contribution < -0.4 is 0 Å². The van der Waals surface area contributed by atoms with E-state index in [9.17, 15) is 13.2 Å². The first kappa shape index (κ1) is 9.59. The van der Waals surface area contributed by atoms with Crippen molar-refractivity contribution in [3.05, 3.63) is 35.1 Å². The van der Waals surface area contributed by atoms with Crippen LogP contribution in [0.5, 0.6) is 0 Å². The molecule has 0 bridgehead atoms. The highest BCUT2D eigenvalue weighted by Gasteiger charge is 2.18. The number of nitriles is 1. The van der Waals surface area contributed by atoms with Crippen LogP contribution in [0.3, 0.4) is 0 Å². The van der Waals surface area contributed by atoms with Crippen molar-refractivity contribution in [2.24, 2.45) is 0 Å². The molecule has 0 amide bonds. The van der Waals surface area contributed by atoms with E-state index in [1.165, 1.54) is 6.92 Å². The van der Waals surface area contributed by atoms with Gasteiger partial charge in [-0.2, -0.15) is 5.26 Å². The Hall–Kier alpha value is -1.50. The SMILES string of the molecule is CC(C#N)c1c(F)ccc(F)c1F. The first-order valence-electron chi connectivity index (χ1n) is 3.61. The topological polar surface area (TPSA) is 23.8 Å². The molecule has 1 aromatic carbocycles. The van der Waals surface area contributed by atoms with E-state index in [0.717, 1.165) is 6.07 Å². The van der Waals surface area contributed by atoms with Crippen molar-refractivity contribution in [1.29, 1.82) is 5.26 Å². The van der Waals surface area contributed by atoms with Crippen molar-refractivity contribution in [3.8, 4) is 6.07 Å². The quantitative estimate of drug-likeness (QED) is 0.617. The first-order valence-corrected chi connectivity index (χ1v) is 3.61. The highest BCUT2D eigenvalue weighted by atomic mass is 19.2. The van der Waals surface area contributed by atoms with E-state index in [0.29, 0.717) is 6.07 Å². The third kappa shape index (κ3) is 1.64. The average Bonchev–Trinajstić information content (AvgIpc) is 2.12. The molecule has 13 heavy (non-hydrogen) atoms. The van der Waals surface area contributed by atoms with E-state index >= 15 is 0 Å². The van der Waals surface area contributed by atoms with Gasteiger partial charge in [0.15, 0.2) is 11.6 Å². The summed E-state index contributed by atoms with van der Waals surface area (Å²) in [5, 5.41) is 8.42. The smallest absolute Gasteiger partial charge is 0.166 e. The third-order valence-corrected chi connectivity index (χ3v) is 1.71. The Morgan fingerprint density at radius 1 is 1.23 bits per heavy atom. The Morgan fingerprint density at radius 3 is 2.31 bits per heavy atom. The molecule has 1 unspecified atom stereocenters. The molecule has 1 nitrogen and oxygen atoms in total. The summed E-state index contributed by atoms with van der Waals surface area (Å²) in [5.74, 6) is -4.31. The molecule has 0 saturated heterocycles. The zero-order valence-electron chi connectivity index (χ0n) is 6.81. The van der Waals surface area contributed by atoms with Crippen LogP contribution in [0.4, 0.5) is 13.2 Å². The lowest BCUT2D eigenvalue weighted by molar-refractivity contribution is 0.477. The minimum absolute atomic E-state index is 0.512. The Balaban J connectivity index is 3.35. The average molecular weight is 185 g/mol. The van der Waals surface area contributed by atoms with Crippen LogP contribution in [-0.2, 0) is 0 Å². The van der Waals surface area contributed by atoms with Gasteiger partial charge in [0.05, 0.1) is 12.0 Å². The molecule has 0 aromatic heterocycles. The fourth-order valence-electron chi connectivity index (χ4n) is 1.00. The maximum Gasteiger partial charge on any atom is 0.166 e. The molecule has 1 rings (SSSR count). The third-order valence-electron chi connectivity index (χ3n) is 1.71. The maximum absolute atomic E-state index is 12.9. The highest BCUT2D eigenvalue weighted by Crippen LogP contribution is 2.23. The van der Waals surface area contributed by atoms with Gasteiger partial charge in [0.1, 0.15) is 5.82 Å². The molecule has 0 spiro atoms. The van der Waals surface area contributed by atoms with Gasteiger partial charge in [0, 0.05) is 5.56 Å². The van der Waals surface area contributed by atoms with Crippen LogP contribution in [-0.4, -0.2) is 0 Å². The largest absolute Gasteiger partial charge is 0.207 e. The number of halogens is 3. The second kappa shape index (κ2) is 3.48. The van der Waals surface area contributed by atoms with Crippen LogP contribution in [0.15, 0.2) is 12.1 Å². The normalized spacial score (nSPS) is 12.2. The Kier molecular flexibility index (Phi) is 2.57. The van der Waals surface area contributed by atoms with Crippen molar-refractivity contribution in [2.45, 2.75) is 12.8 Å². The first-order chi connectivity index (χ1) is 6.07. The van der Waals surface area contributed by atoms with E-state index in [1.807, 2.05) is 0 Å². The van der Waals surface area contributed by atoms with Gasteiger partial charge in [-0.3, -0.25) is 0 Å². The van der Waals surface area contributed by atoms with Gasteiger partial charge in [-0.05, 0) is 19.1 Å². The lowest BCUT2D eigenvalue weighted by Gasteiger charge is -2.06. The standard InChI is InChI=1S/C9H6F3N/c1-5(4-13)8-6(10)2-3-7(11)9(8)12/h2-3,5H,1H3. The van der Waals surface area contributed by atoms with Gasteiger partial charge in [0.25, 0.3) is 0 Å². The number of benzene rings is 1. The summed E-state index contributed by atoms with van der Waals surface area (Å²) in [6.45, 7) is 1.31. The molecule has 0 aliphatic rings. The van der Waals surface area contributed by atoms with E-state index in [-0.39, 0.29) is 0 Å². The molecule has 68 valence electrons. The van der Waals surface area contributed by atoms with Gasteiger partial charge in [-0.25, -0.2) is 13.2 Å². The van der Waals surface area contributed by atoms with Crippen LogP contribution >= 0.6 is 0 Å². The lowest BCUT2D eigenvalue weighted by Crippen LogP contribution is -2.01. The summed E-state index contributed by atoms with van der Waals surface area (Å²) >= 11 is 0. The zero-order chi connectivity index (χ0) is 10.0. The summed E-state index contributed by atoms with van der Waals surface area (Å²) in [6, 6.07) is 3.14. The summed E-state index contributed by atoms with van der Waals surface area (Å²) in [7, 11) is 0. The van der Waals surface area contributed by atoms with Crippen molar-refractivity contribution >= 4 is 0 Å². The molecule has 0 saturated carbocycles. The number of nitrogens with zero attached hydrogens (tertiary/aromatic N) is 1. The summed E-state index contributed by atoms with van der Waals surface area (Å²) in [4.78, 5) is 0. The predicted octanol–water partition coefficient (Wildman–Crippen LogP) is 2.73. The molecular formula is C9H6F3N. The van der Waals surface area contributed by atoms with Crippen molar-refractivity contribution in [3.63, 3.8) is 0 Å². The fraction of sp³-hybridized carbons (Fsp3) is 0.222. The molecular weight excluding hydrogens is 179 g/mol. The second-order valence-corrected chi connectivity index (χ2v) is 2.61. The summed E-state index contributed by atoms with van der Waals surface area (Å²) in [5.41, 5.74) is -0.512. The van der Waals surface area contributed by atoms with Crippen molar-refractivity contribution in [2.75, 3.05) is 0 Å². The molecule has 1 atom stereocenters. The van der Waals surface area contributed by atoms with Gasteiger partial charge >= 0.3 is 0 Å². The molecule has 0 fully saturated rings. The van der Waals surface area contributed by atoms with E-state index in [2.05, 4.69) is 0 Å². The van der Waals surface area contributed by atoms with Crippen LogP contribution in [0.1, 0.15) is 18.4 Å². The van der Waals surface area contributed by atoms with E-state index < -0.39 is 28.9 Å². The van der Waals surface area contributed by atoms with Gasteiger partial charge in [0.2, 0.25) is 0 Å². The summed E-state index contributed by atoms with van der Waals surface area (Å²) < 4.78 is 38.4. The molecule has 0 N–H and O–H groups in total. The number of hydrogen-bond acceptors (Lipinski definition) is 1. The summed E-state index contributed by atoms with van der Waals surface area (Å²) in [6.07, 6.45) is 0. The Labute approximate surface area is 73.4 Å². The van der Waals surface area contributed by atoms with Crippen LogP contribution in [0.25, 0.3) is 0 Å². The number of rotatable bonds is 1. The molecule has 0 aliphatic heterocycles. The maximum atomic E-state index is 12.9. The number of hydrogen-bond donors (Lipinski definition) is 0. The second-order valence-electron chi connectivity index (χ2n) is 2.61. The molecule has 0 heterocycles. The highest BCUT2D eigenvalue weighted by molar-refractivity contribution is 5.28. The minimum atomic E-state index is -1.28. The van der Waals surface area contributed by atoms with E-state index in [4.69, 9.17) is 5.26 Å². The minimum Gasteiger partial charge on any atom is -0.207 e. The van der Waals surface area contributed by atoms with Gasteiger partial charge < -0.3 is 0 Å². The lowest BCUT2D eigenvalue weighted by atomic mass is 10.0. The van der Waals surface area contributed by atoms with Crippen molar-refractivity contribution < 1.29 is 13.2 Å². The van der Waals surface area contributed by atoms with E-state index in [1.54, 1.807) is 6.07 Å². The van der Waals surface area contributed by atoms with Crippen LogP contribution in [0, 0.1) is 28.8 Å². The van der Waals surface area contributed by atoms with Crippen LogP contribution in [0.2, 0.25) is 0 Å². The van der Waals surface area contributed by atoms with Crippen molar-refractivity contribution in [1.82, 2.24) is 0 Å². The zero-order valence-corrected chi connectivity index (χ0v) is 6.81. The van der Waals surface area contributed by atoms with Gasteiger partial charge in [-0.15, -0.1) is 0 Å². The Bertz CT molecular complexity index is 368. The predicted molar refractivity (Wildman–Crippen MR) is 40.3 cm³/mol. The molecule has 0 aliphatic carbocycles. The van der Waals surface area contributed by atoms with Gasteiger partial charge in [-0.1, -0.05) is 0 Å². The fourth-order valence-corrected chi connectivity index (χ4v) is 1.00. The molecule has 4 heteroatoms.